The second-order valence-electron chi connectivity index (χ2n) is 6.09. The molecule has 0 radical (unpaired) electrons. The van der Waals surface area contributed by atoms with E-state index in [1.165, 1.54) is 0 Å². The van der Waals surface area contributed by atoms with E-state index in [-0.39, 0.29) is 24.3 Å². The number of anilines is 1. The number of carbonyl (C=O) groups is 3. The fourth-order valence-electron chi connectivity index (χ4n) is 2.63. The quantitative estimate of drug-likeness (QED) is 0.844. The Morgan fingerprint density at radius 1 is 1.04 bits per heavy atom. The van der Waals surface area contributed by atoms with Crippen molar-refractivity contribution in [1.29, 1.82) is 0 Å². The lowest BCUT2D eigenvalue weighted by molar-refractivity contribution is -0.135. The Bertz CT molecular complexity index is 652. The van der Waals surface area contributed by atoms with Gasteiger partial charge in [-0.2, -0.15) is 0 Å². The highest BCUT2D eigenvalue weighted by Gasteiger charge is 2.25. The molecule has 1 heterocycles. The summed E-state index contributed by atoms with van der Waals surface area (Å²) in [5, 5.41) is 2.75. The third kappa shape index (κ3) is 5.20. The van der Waals surface area contributed by atoms with Crippen LogP contribution >= 0.6 is 0 Å². The zero-order valence-electron chi connectivity index (χ0n) is 15.0. The van der Waals surface area contributed by atoms with Crippen molar-refractivity contribution in [2.45, 2.75) is 27.2 Å². The molecule has 0 unspecified atom stereocenters. The van der Waals surface area contributed by atoms with Gasteiger partial charge < -0.3 is 19.9 Å². The van der Waals surface area contributed by atoms with E-state index in [0.717, 1.165) is 11.1 Å². The zero-order chi connectivity index (χ0) is 18.4. The Hall–Kier alpha value is -2.57. The molecule has 1 aliphatic rings. The molecule has 2 rings (SSSR count). The lowest BCUT2D eigenvalue weighted by Gasteiger charge is -2.34. The molecular formula is C18H25N3O4. The standard InChI is InChI=1S/C18H25N3O4/c1-4-25-18(24)21-9-7-20(8-10-21)17(23)12-16(22)19-15-6-5-13(2)14(3)11-15/h5-6,11H,4,7-10,12H2,1-3H3,(H,19,22). The van der Waals surface area contributed by atoms with Gasteiger partial charge in [0.15, 0.2) is 0 Å². The van der Waals surface area contributed by atoms with Gasteiger partial charge in [0.1, 0.15) is 6.42 Å². The van der Waals surface area contributed by atoms with Crippen LogP contribution in [0, 0.1) is 13.8 Å². The van der Waals surface area contributed by atoms with E-state index in [1.54, 1.807) is 16.7 Å². The molecule has 0 bridgehead atoms. The summed E-state index contributed by atoms with van der Waals surface area (Å²) in [6.45, 7) is 7.72. The van der Waals surface area contributed by atoms with Gasteiger partial charge >= 0.3 is 6.09 Å². The van der Waals surface area contributed by atoms with Crippen LogP contribution in [0.15, 0.2) is 18.2 Å². The maximum Gasteiger partial charge on any atom is 0.409 e. The van der Waals surface area contributed by atoms with E-state index in [0.29, 0.717) is 38.5 Å². The van der Waals surface area contributed by atoms with Crippen LogP contribution in [0.25, 0.3) is 0 Å². The normalized spacial score (nSPS) is 14.2. The van der Waals surface area contributed by atoms with Crippen LogP contribution in [0.1, 0.15) is 24.5 Å². The van der Waals surface area contributed by atoms with Crippen molar-refractivity contribution in [3.63, 3.8) is 0 Å². The summed E-state index contributed by atoms with van der Waals surface area (Å²) in [4.78, 5) is 39.2. The first-order valence-electron chi connectivity index (χ1n) is 8.47. The Morgan fingerprint density at radius 3 is 2.28 bits per heavy atom. The monoisotopic (exact) mass is 347 g/mol. The van der Waals surface area contributed by atoms with Gasteiger partial charge in [0, 0.05) is 31.9 Å². The zero-order valence-corrected chi connectivity index (χ0v) is 15.0. The van der Waals surface area contributed by atoms with Crippen molar-refractivity contribution in [3.8, 4) is 0 Å². The van der Waals surface area contributed by atoms with Gasteiger partial charge in [-0.1, -0.05) is 6.07 Å². The number of nitrogens with zero attached hydrogens (tertiary/aromatic N) is 2. The number of hydrogen-bond acceptors (Lipinski definition) is 4. The van der Waals surface area contributed by atoms with Gasteiger partial charge in [0.05, 0.1) is 6.61 Å². The van der Waals surface area contributed by atoms with E-state index in [1.807, 2.05) is 32.0 Å². The molecule has 0 aliphatic carbocycles. The van der Waals surface area contributed by atoms with Crippen molar-refractivity contribution in [2.24, 2.45) is 0 Å². The second-order valence-corrected chi connectivity index (χ2v) is 6.09. The number of carbonyl (C=O) groups excluding carboxylic acids is 3. The predicted molar refractivity (Wildman–Crippen MR) is 94.3 cm³/mol. The Labute approximate surface area is 147 Å². The fraction of sp³-hybridized carbons (Fsp3) is 0.500. The smallest absolute Gasteiger partial charge is 0.409 e. The molecule has 0 spiro atoms. The highest BCUT2D eigenvalue weighted by atomic mass is 16.6. The molecule has 25 heavy (non-hydrogen) atoms. The highest BCUT2D eigenvalue weighted by Crippen LogP contribution is 2.14. The molecule has 1 fully saturated rings. The van der Waals surface area contributed by atoms with Crippen LogP contribution in [0.3, 0.4) is 0 Å². The van der Waals surface area contributed by atoms with Crippen LogP contribution in [-0.4, -0.2) is 60.5 Å². The van der Waals surface area contributed by atoms with Crippen molar-refractivity contribution in [3.05, 3.63) is 29.3 Å². The van der Waals surface area contributed by atoms with Crippen molar-refractivity contribution in [1.82, 2.24) is 9.80 Å². The summed E-state index contributed by atoms with van der Waals surface area (Å²) in [6, 6.07) is 5.64. The van der Waals surface area contributed by atoms with Crippen LogP contribution in [0.4, 0.5) is 10.5 Å². The molecule has 136 valence electrons. The minimum absolute atomic E-state index is 0.202. The Morgan fingerprint density at radius 2 is 1.68 bits per heavy atom. The number of aryl methyl sites for hydroxylation is 2. The minimum atomic E-state index is -0.359. The number of hydrogen-bond donors (Lipinski definition) is 1. The maximum absolute atomic E-state index is 12.3. The fourth-order valence-corrected chi connectivity index (χ4v) is 2.63. The summed E-state index contributed by atoms with van der Waals surface area (Å²) in [7, 11) is 0. The van der Waals surface area contributed by atoms with Crippen LogP contribution in [0.2, 0.25) is 0 Å². The number of nitrogens with one attached hydrogen (secondary N) is 1. The molecule has 7 nitrogen and oxygen atoms in total. The number of amides is 3. The molecule has 1 saturated heterocycles. The van der Waals surface area contributed by atoms with Crippen molar-refractivity contribution < 1.29 is 19.1 Å². The Balaban J connectivity index is 1.81. The molecule has 1 aromatic carbocycles. The van der Waals surface area contributed by atoms with Crippen molar-refractivity contribution in [2.75, 3.05) is 38.1 Å². The van der Waals surface area contributed by atoms with E-state index >= 15 is 0 Å². The van der Waals surface area contributed by atoms with Crippen molar-refractivity contribution >= 4 is 23.6 Å². The Kier molecular flexibility index (Phi) is 6.38. The molecule has 0 saturated carbocycles. The molecule has 0 atom stereocenters. The largest absolute Gasteiger partial charge is 0.450 e. The average molecular weight is 347 g/mol. The van der Waals surface area contributed by atoms with E-state index < -0.39 is 0 Å². The molecule has 0 aromatic heterocycles. The second kappa shape index (κ2) is 8.50. The first kappa shape index (κ1) is 18.8. The summed E-state index contributed by atoms with van der Waals surface area (Å²) in [6.07, 6.45) is -0.561. The third-order valence-corrected chi connectivity index (χ3v) is 4.26. The first-order chi connectivity index (χ1) is 11.9. The molecule has 7 heteroatoms. The lowest BCUT2D eigenvalue weighted by atomic mass is 10.1. The summed E-state index contributed by atoms with van der Waals surface area (Å²) in [5.74, 6) is -0.564. The van der Waals surface area contributed by atoms with Gasteiger partial charge in [-0.15, -0.1) is 0 Å². The SMILES string of the molecule is CCOC(=O)N1CCN(C(=O)CC(=O)Nc2ccc(C)c(C)c2)CC1. The number of rotatable bonds is 4. The van der Waals surface area contributed by atoms with Crippen LogP contribution < -0.4 is 5.32 Å². The van der Waals surface area contributed by atoms with Crippen LogP contribution in [0.5, 0.6) is 0 Å². The molecule has 1 aromatic rings. The van der Waals surface area contributed by atoms with Gasteiger partial charge in [-0.3, -0.25) is 9.59 Å². The van der Waals surface area contributed by atoms with E-state index in [2.05, 4.69) is 5.32 Å². The topological polar surface area (TPSA) is 79.0 Å². The van der Waals surface area contributed by atoms with Gasteiger partial charge in [0.2, 0.25) is 11.8 Å². The molecule has 1 N–H and O–H groups in total. The lowest BCUT2D eigenvalue weighted by Crippen LogP contribution is -2.51. The molecular weight excluding hydrogens is 322 g/mol. The van der Waals surface area contributed by atoms with Crippen LogP contribution in [-0.2, 0) is 14.3 Å². The summed E-state index contributed by atoms with van der Waals surface area (Å²) >= 11 is 0. The highest BCUT2D eigenvalue weighted by molar-refractivity contribution is 6.03. The molecule has 1 aliphatic heterocycles. The van der Waals surface area contributed by atoms with E-state index in [4.69, 9.17) is 4.74 Å². The maximum atomic E-state index is 12.3. The summed E-state index contributed by atoms with van der Waals surface area (Å²) < 4.78 is 4.95. The first-order valence-corrected chi connectivity index (χ1v) is 8.47. The number of piperazine rings is 1. The summed E-state index contributed by atoms with van der Waals surface area (Å²) in [5.41, 5.74) is 2.92. The average Bonchev–Trinajstić information content (AvgIpc) is 2.58. The van der Waals surface area contributed by atoms with Gasteiger partial charge in [-0.05, 0) is 44.0 Å². The number of ether oxygens (including phenoxy) is 1. The minimum Gasteiger partial charge on any atom is -0.450 e. The van der Waals surface area contributed by atoms with Gasteiger partial charge in [-0.25, -0.2) is 4.79 Å². The van der Waals surface area contributed by atoms with E-state index in [9.17, 15) is 14.4 Å². The third-order valence-electron chi connectivity index (χ3n) is 4.26. The van der Waals surface area contributed by atoms with Gasteiger partial charge in [0.25, 0.3) is 0 Å². The number of benzene rings is 1. The molecule has 3 amide bonds. The predicted octanol–water partition coefficient (Wildman–Crippen LogP) is 1.93.